The Hall–Kier alpha value is -1.11. The SMILES string of the molecule is CCOC[C@]1(CN)[C@H](c2ccc(OC)cc2)[C@@H]1S(=O)(=O)CC. The number of ether oxygens (including phenoxy) is 2. The van der Waals surface area contributed by atoms with Gasteiger partial charge in [-0.1, -0.05) is 19.1 Å². The van der Waals surface area contributed by atoms with E-state index in [1.807, 2.05) is 31.2 Å². The summed E-state index contributed by atoms with van der Waals surface area (Å²) in [5.74, 6) is 0.764. The van der Waals surface area contributed by atoms with Crippen LogP contribution >= 0.6 is 0 Å². The molecule has 3 atom stereocenters. The maximum absolute atomic E-state index is 12.5. The predicted molar refractivity (Wildman–Crippen MR) is 87.0 cm³/mol. The molecule has 1 aliphatic rings. The normalized spacial score (nSPS) is 27.6. The highest BCUT2D eigenvalue weighted by Gasteiger charge is 2.69. The maximum atomic E-state index is 12.5. The third-order valence-electron chi connectivity index (χ3n) is 4.60. The lowest BCUT2D eigenvalue weighted by Gasteiger charge is -2.15. The van der Waals surface area contributed by atoms with Crippen LogP contribution in [-0.2, 0) is 14.6 Å². The first-order valence-electron chi connectivity index (χ1n) is 7.60. The van der Waals surface area contributed by atoms with Gasteiger partial charge in [0.1, 0.15) is 5.75 Å². The van der Waals surface area contributed by atoms with E-state index in [4.69, 9.17) is 15.2 Å². The lowest BCUT2D eigenvalue weighted by molar-refractivity contribution is 0.101. The fourth-order valence-electron chi connectivity index (χ4n) is 3.28. The van der Waals surface area contributed by atoms with Gasteiger partial charge in [0, 0.05) is 30.2 Å². The van der Waals surface area contributed by atoms with Crippen molar-refractivity contribution in [1.29, 1.82) is 0 Å². The molecule has 0 aromatic heterocycles. The highest BCUT2D eigenvalue weighted by Crippen LogP contribution is 2.62. The molecule has 22 heavy (non-hydrogen) atoms. The van der Waals surface area contributed by atoms with Crippen molar-refractivity contribution in [3.63, 3.8) is 0 Å². The smallest absolute Gasteiger partial charge is 0.154 e. The third kappa shape index (κ3) is 2.87. The average molecular weight is 327 g/mol. The molecule has 0 spiro atoms. The Morgan fingerprint density at radius 3 is 2.32 bits per heavy atom. The molecule has 1 aromatic carbocycles. The van der Waals surface area contributed by atoms with Crippen molar-refractivity contribution in [2.75, 3.05) is 32.6 Å². The fraction of sp³-hybridized carbons (Fsp3) is 0.625. The molecule has 124 valence electrons. The predicted octanol–water partition coefficient (Wildman–Crippen LogP) is 1.58. The van der Waals surface area contributed by atoms with Crippen LogP contribution in [0.1, 0.15) is 25.3 Å². The Morgan fingerprint density at radius 1 is 1.23 bits per heavy atom. The van der Waals surface area contributed by atoms with Gasteiger partial charge >= 0.3 is 0 Å². The summed E-state index contributed by atoms with van der Waals surface area (Å²) in [5.41, 5.74) is 6.43. The molecular formula is C16H25NO4S. The first kappa shape index (κ1) is 17.2. The zero-order chi connectivity index (χ0) is 16.4. The van der Waals surface area contributed by atoms with E-state index in [0.29, 0.717) is 19.8 Å². The van der Waals surface area contributed by atoms with E-state index in [1.54, 1.807) is 14.0 Å². The summed E-state index contributed by atoms with van der Waals surface area (Å²) >= 11 is 0. The van der Waals surface area contributed by atoms with Crippen LogP contribution in [-0.4, -0.2) is 46.3 Å². The minimum absolute atomic E-state index is 0.111. The van der Waals surface area contributed by atoms with Crippen molar-refractivity contribution in [3.05, 3.63) is 29.8 Å². The molecule has 6 heteroatoms. The van der Waals surface area contributed by atoms with E-state index in [0.717, 1.165) is 11.3 Å². The van der Waals surface area contributed by atoms with E-state index in [-0.39, 0.29) is 11.7 Å². The van der Waals surface area contributed by atoms with Gasteiger partial charge in [-0.05, 0) is 24.6 Å². The van der Waals surface area contributed by atoms with E-state index in [9.17, 15) is 8.42 Å². The molecule has 5 nitrogen and oxygen atoms in total. The minimum atomic E-state index is -3.18. The Kier molecular flexibility index (Phi) is 5.14. The molecule has 1 saturated carbocycles. The summed E-state index contributed by atoms with van der Waals surface area (Å²) in [6.07, 6.45) is 0. The number of methoxy groups -OCH3 is 1. The number of hydrogen-bond donors (Lipinski definition) is 1. The van der Waals surface area contributed by atoms with Gasteiger partial charge in [-0.15, -0.1) is 0 Å². The van der Waals surface area contributed by atoms with Crippen LogP contribution in [0.3, 0.4) is 0 Å². The van der Waals surface area contributed by atoms with Gasteiger partial charge in [0.25, 0.3) is 0 Å². The van der Waals surface area contributed by atoms with Crippen LogP contribution in [0.15, 0.2) is 24.3 Å². The monoisotopic (exact) mass is 327 g/mol. The van der Waals surface area contributed by atoms with Gasteiger partial charge in [0.2, 0.25) is 0 Å². The second-order valence-electron chi connectivity index (χ2n) is 5.70. The van der Waals surface area contributed by atoms with Gasteiger partial charge < -0.3 is 15.2 Å². The molecule has 1 fully saturated rings. The standard InChI is InChI=1S/C16H25NO4S/c1-4-21-11-16(10-17)14(15(16)22(18,19)5-2)12-6-8-13(20-3)9-7-12/h6-9,14-15H,4-5,10-11,17H2,1-3H3/t14-,15+,16-/m1/s1. The van der Waals surface area contributed by atoms with Crippen LogP contribution in [0.5, 0.6) is 5.75 Å². The molecule has 0 saturated heterocycles. The van der Waals surface area contributed by atoms with Gasteiger partial charge in [-0.3, -0.25) is 0 Å². The van der Waals surface area contributed by atoms with Crippen LogP contribution in [0.25, 0.3) is 0 Å². The van der Waals surface area contributed by atoms with Gasteiger partial charge in [-0.25, -0.2) is 8.42 Å². The molecule has 1 aliphatic carbocycles. The van der Waals surface area contributed by atoms with Crippen LogP contribution in [0.2, 0.25) is 0 Å². The number of rotatable bonds is 8. The third-order valence-corrected chi connectivity index (χ3v) is 6.92. The minimum Gasteiger partial charge on any atom is -0.497 e. The van der Waals surface area contributed by atoms with E-state index in [2.05, 4.69) is 0 Å². The molecule has 0 amide bonds. The zero-order valence-electron chi connectivity index (χ0n) is 13.4. The molecule has 0 aliphatic heterocycles. The van der Waals surface area contributed by atoms with Crippen molar-refractivity contribution in [2.45, 2.75) is 25.0 Å². The Bertz CT molecular complexity index is 599. The summed E-state index contributed by atoms with van der Waals surface area (Å²) in [6, 6.07) is 7.55. The lowest BCUT2D eigenvalue weighted by Crippen LogP contribution is -2.29. The highest BCUT2D eigenvalue weighted by atomic mass is 32.2. The highest BCUT2D eigenvalue weighted by molar-refractivity contribution is 7.92. The van der Waals surface area contributed by atoms with Gasteiger partial charge in [0.15, 0.2) is 9.84 Å². The van der Waals surface area contributed by atoms with Crippen molar-refractivity contribution >= 4 is 9.84 Å². The first-order chi connectivity index (χ1) is 10.5. The Labute approximate surface area is 132 Å². The van der Waals surface area contributed by atoms with E-state index >= 15 is 0 Å². The molecule has 2 rings (SSSR count). The van der Waals surface area contributed by atoms with Crippen molar-refractivity contribution in [1.82, 2.24) is 0 Å². The van der Waals surface area contributed by atoms with Crippen LogP contribution in [0, 0.1) is 5.41 Å². The quantitative estimate of drug-likeness (QED) is 0.784. The number of nitrogens with two attached hydrogens (primary N) is 1. The molecule has 1 aromatic rings. The van der Waals surface area contributed by atoms with Gasteiger partial charge in [0.05, 0.1) is 19.0 Å². The summed E-state index contributed by atoms with van der Waals surface area (Å²) in [6.45, 7) is 4.81. The molecule has 0 bridgehead atoms. The number of hydrogen-bond acceptors (Lipinski definition) is 5. The first-order valence-corrected chi connectivity index (χ1v) is 9.31. The average Bonchev–Trinajstić information content (AvgIpc) is 3.23. The van der Waals surface area contributed by atoms with Gasteiger partial charge in [-0.2, -0.15) is 0 Å². The van der Waals surface area contributed by atoms with Crippen molar-refractivity contribution in [2.24, 2.45) is 11.1 Å². The zero-order valence-corrected chi connectivity index (χ0v) is 14.2. The van der Waals surface area contributed by atoms with Crippen LogP contribution < -0.4 is 10.5 Å². The molecular weight excluding hydrogens is 302 g/mol. The summed E-state index contributed by atoms with van der Waals surface area (Å²) in [4.78, 5) is 0. The Morgan fingerprint density at radius 2 is 1.86 bits per heavy atom. The molecule has 0 radical (unpaired) electrons. The fourth-order valence-corrected chi connectivity index (χ4v) is 5.43. The topological polar surface area (TPSA) is 78.6 Å². The summed E-state index contributed by atoms with van der Waals surface area (Å²) in [7, 11) is -1.57. The van der Waals surface area contributed by atoms with E-state index < -0.39 is 20.5 Å². The van der Waals surface area contributed by atoms with Crippen molar-refractivity contribution < 1.29 is 17.9 Å². The lowest BCUT2D eigenvalue weighted by atomic mass is 10.00. The van der Waals surface area contributed by atoms with E-state index in [1.165, 1.54) is 0 Å². The number of sulfone groups is 1. The Balaban J connectivity index is 2.37. The number of benzene rings is 1. The second kappa shape index (κ2) is 6.56. The maximum Gasteiger partial charge on any atom is 0.154 e. The largest absolute Gasteiger partial charge is 0.497 e. The second-order valence-corrected chi connectivity index (χ2v) is 8.11. The summed E-state index contributed by atoms with van der Waals surface area (Å²) < 4.78 is 35.6. The van der Waals surface area contributed by atoms with Crippen LogP contribution in [0.4, 0.5) is 0 Å². The molecule has 0 heterocycles. The van der Waals surface area contributed by atoms with Crippen molar-refractivity contribution in [3.8, 4) is 5.75 Å². The molecule has 0 unspecified atom stereocenters. The summed E-state index contributed by atoms with van der Waals surface area (Å²) in [5, 5.41) is -0.463. The molecule has 2 N–H and O–H groups in total.